The maximum Gasteiger partial charge on any atom is 0.193 e. The van der Waals surface area contributed by atoms with Gasteiger partial charge in [0.25, 0.3) is 0 Å². The summed E-state index contributed by atoms with van der Waals surface area (Å²) in [7, 11) is 1.86. The molecule has 6 heteroatoms. The smallest absolute Gasteiger partial charge is 0.193 e. The topological polar surface area (TPSA) is 45.5 Å². The molecule has 0 atom stereocenters. The van der Waals surface area contributed by atoms with Crippen LogP contribution in [0.4, 0.5) is 0 Å². The fourth-order valence-corrected chi connectivity index (χ4v) is 2.98. The summed E-state index contributed by atoms with van der Waals surface area (Å²) in [6, 6.07) is 10.6. The highest BCUT2D eigenvalue weighted by molar-refractivity contribution is 14.0. The quantitative estimate of drug-likeness (QED) is 0.441. The number of nitrogens with one attached hydrogen (secondary N) is 1. The van der Waals surface area contributed by atoms with Crippen molar-refractivity contribution >= 4 is 36.0 Å². The first-order valence-electron chi connectivity index (χ1n) is 8.51. The van der Waals surface area contributed by atoms with Crippen molar-refractivity contribution in [1.29, 1.82) is 0 Å². The number of nitrogens with zero attached hydrogens (tertiary/aromatic N) is 4. The Morgan fingerprint density at radius 3 is 2.64 bits per heavy atom. The molecule has 5 nitrogen and oxygen atoms in total. The SMILES string of the molecule is CN=C(NCCn1ccnc1)N1CCC(=Cc2ccccc2)CC1.I. The number of likely N-dealkylation sites (tertiary alicyclic amines) is 1. The average molecular weight is 451 g/mol. The molecule has 2 aromatic rings. The van der Waals surface area contributed by atoms with Gasteiger partial charge in [-0.05, 0) is 18.4 Å². The number of hydrogen-bond donors (Lipinski definition) is 1. The van der Waals surface area contributed by atoms with Gasteiger partial charge in [0.2, 0.25) is 0 Å². The van der Waals surface area contributed by atoms with Gasteiger partial charge in [-0.3, -0.25) is 4.99 Å². The van der Waals surface area contributed by atoms with Gasteiger partial charge in [0.05, 0.1) is 6.33 Å². The molecule has 0 saturated carbocycles. The summed E-state index contributed by atoms with van der Waals surface area (Å²) in [5.41, 5.74) is 2.81. The molecule has 0 unspecified atom stereocenters. The van der Waals surface area contributed by atoms with Gasteiger partial charge in [-0.2, -0.15) is 0 Å². The number of aromatic nitrogens is 2. The van der Waals surface area contributed by atoms with Crippen LogP contribution in [0.3, 0.4) is 0 Å². The van der Waals surface area contributed by atoms with Crippen LogP contribution in [0, 0.1) is 0 Å². The lowest BCUT2D eigenvalue weighted by Gasteiger charge is -2.31. The van der Waals surface area contributed by atoms with Crippen LogP contribution in [0.15, 0.2) is 59.6 Å². The number of aliphatic imine (C=N–C) groups is 1. The van der Waals surface area contributed by atoms with Crippen molar-refractivity contribution in [1.82, 2.24) is 19.8 Å². The second-order valence-corrected chi connectivity index (χ2v) is 5.97. The maximum absolute atomic E-state index is 4.43. The minimum absolute atomic E-state index is 0. The first-order valence-corrected chi connectivity index (χ1v) is 8.51. The van der Waals surface area contributed by atoms with Gasteiger partial charge in [0.15, 0.2) is 5.96 Å². The lowest BCUT2D eigenvalue weighted by molar-refractivity contribution is 0.374. The van der Waals surface area contributed by atoms with Gasteiger partial charge in [0, 0.05) is 45.6 Å². The number of benzene rings is 1. The van der Waals surface area contributed by atoms with E-state index in [0.29, 0.717) is 0 Å². The van der Waals surface area contributed by atoms with Crippen molar-refractivity contribution in [3.05, 3.63) is 60.2 Å². The van der Waals surface area contributed by atoms with Crippen molar-refractivity contribution in [3.8, 4) is 0 Å². The third-order valence-electron chi connectivity index (χ3n) is 4.30. The molecular formula is C19H26IN5. The molecule has 0 aliphatic carbocycles. The van der Waals surface area contributed by atoms with Crippen molar-refractivity contribution in [3.63, 3.8) is 0 Å². The minimum atomic E-state index is 0. The van der Waals surface area contributed by atoms with Crippen LogP contribution in [0.1, 0.15) is 18.4 Å². The Morgan fingerprint density at radius 1 is 1.24 bits per heavy atom. The molecule has 1 saturated heterocycles. The van der Waals surface area contributed by atoms with E-state index in [0.717, 1.165) is 45.0 Å². The standard InChI is InChI=1S/C19H25N5.HI/c1-20-19(22-10-14-23-13-9-21-16-23)24-11-7-18(8-12-24)15-17-5-3-2-4-6-17;/h2-6,9,13,15-16H,7-8,10-12,14H2,1H3,(H,20,22);1H. The zero-order valence-electron chi connectivity index (χ0n) is 14.6. The van der Waals surface area contributed by atoms with Crippen LogP contribution in [0.2, 0.25) is 0 Å². The number of halogens is 1. The van der Waals surface area contributed by atoms with E-state index in [1.54, 1.807) is 6.20 Å². The molecule has 3 rings (SSSR count). The highest BCUT2D eigenvalue weighted by atomic mass is 127. The van der Waals surface area contributed by atoms with Gasteiger partial charge >= 0.3 is 0 Å². The maximum atomic E-state index is 4.43. The molecule has 1 aliphatic rings. The molecule has 0 bridgehead atoms. The Labute approximate surface area is 166 Å². The first kappa shape index (κ1) is 19.5. The van der Waals surface area contributed by atoms with Gasteiger partial charge in [-0.25, -0.2) is 4.98 Å². The number of hydrogen-bond acceptors (Lipinski definition) is 2. The van der Waals surface area contributed by atoms with E-state index in [1.165, 1.54) is 11.1 Å². The third kappa shape index (κ3) is 5.88. The van der Waals surface area contributed by atoms with E-state index < -0.39 is 0 Å². The average Bonchev–Trinajstić information content (AvgIpc) is 3.14. The van der Waals surface area contributed by atoms with E-state index in [2.05, 4.69) is 61.2 Å². The van der Waals surface area contributed by atoms with Crippen LogP contribution < -0.4 is 5.32 Å². The molecule has 0 spiro atoms. The fraction of sp³-hybridized carbons (Fsp3) is 0.368. The Hall–Kier alpha value is -1.83. The molecule has 1 fully saturated rings. The van der Waals surface area contributed by atoms with Gasteiger partial charge in [0.1, 0.15) is 0 Å². The van der Waals surface area contributed by atoms with E-state index in [9.17, 15) is 0 Å². The predicted octanol–water partition coefficient (Wildman–Crippen LogP) is 3.26. The van der Waals surface area contributed by atoms with Crippen LogP contribution in [0.25, 0.3) is 6.08 Å². The molecule has 1 N–H and O–H groups in total. The fourth-order valence-electron chi connectivity index (χ4n) is 2.98. The number of rotatable bonds is 4. The summed E-state index contributed by atoms with van der Waals surface area (Å²) in [5, 5.41) is 3.45. The molecule has 134 valence electrons. The van der Waals surface area contributed by atoms with E-state index >= 15 is 0 Å². The molecule has 2 heterocycles. The van der Waals surface area contributed by atoms with Crippen molar-refractivity contribution in [2.45, 2.75) is 19.4 Å². The van der Waals surface area contributed by atoms with Gasteiger partial charge in [-0.1, -0.05) is 42.0 Å². The summed E-state index contributed by atoms with van der Waals surface area (Å²) in [5.74, 6) is 0.994. The molecule has 25 heavy (non-hydrogen) atoms. The molecule has 1 aromatic carbocycles. The number of imidazole rings is 1. The zero-order chi connectivity index (χ0) is 16.6. The summed E-state index contributed by atoms with van der Waals surface area (Å²) in [6.07, 6.45) is 10.1. The van der Waals surface area contributed by atoms with Crippen molar-refractivity contribution in [2.24, 2.45) is 4.99 Å². The molecule has 0 amide bonds. The van der Waals surface area contributed by atoms with Crippen molar-refractivity contribution < 1.29 is 0 Å². The Morgan fingerprint density at radius 2 is 2.00 bits per heavy atom. The summed E-state index contributed by atoms with van der Waals surface area (Å²) in [4.78, 5) is 10.8. The molecule has 1 aromatic heterocycles. The van der Waals surface area contributed by atoms with Crippen LogP contribution in [-0.2, 0) is 6.54 Å². The van der Waals surface area contributed by atoms with Gasteiger partial charge in [-0.15, -0.1) is 24.0 Å². The number of guanidine groups is 1. The van der Waals surface area contributed by atoms with Crippen LogP contribution in [0.5, 0.6) is 0 Å². The second kappa shape index (κ2) is 10.2. The molecule has 1 aliphatic heterocycles. The lowest BCUT2D eigenvalue weighted by atomic mass is 10.0. The van der Waals surface area contributed by atoms with E-state index in [-0.39, 0.29) is 24.0 Å². The minimum Gasteiger partial charge on any atom is -0.354 e. The predicted molar refractivity (Wildman–Crippen MR) is 114 cm³/mol. The first-order chi connectivity index (χ1) is 11.8. The summed E-state index contributed by atoms with van der Waals surface area (Å²) in [6.45, 7) is 3.78. The van der Waals surface area contributed by atoms with Gasteiger partial charge < -0.3 is 14.8 Å². The Balaban J connectivity index is 0.00000225. The lowest BCUT2D eigenvalue weighted by Crippen LogP contribution is -2.45. The summed E-state index contributed by atoms with van der Waals surface area (Å²) >= 11 is 0. The second-order valence-electron chi connectivity index (χ2n) is 5.97. The van der Waals surface area contributed by atoms with Crippen LogP contribution in [-0.4, -0.2) is 47.1 Å². The summed E-state index contributed by atoms with van der Waals surface area (Å²) < 4.78 is 2.07. The third-order valence-corrected chi connectivity index (χ3v) is 4.30. The van der Waals surface area contributed by atoms with Crippen molar-refractivity contribution in [2.75, 3.05) is 26.7 Å². The Bertz CT molecular complexity index is 669. The molecular weight excluding hydrogens is 425 g/mol. The van der Waals surface area contributed by atoms with Crippen LogP contribution >= 0.6 is 24.0 Å². The molecule has 0 radical (unpaired) electrons. The zero-order valence-corrected chi connectivity index (χ0v) is 17.0. The highest BCUT2D eigenvalue weighted by Crippen LogP contribution is 2.19. The largest absolute Gasteiger partial charge is 0.354 e. The van der Waals surface area contributed by atoms with E-state index in [1.807, 2.05) is 19.6 Å². The van der Waals surface area contributed by atoms with E-state index in [4.69, 9.17) is 0 Å². The Kier molecular flexibility index (Phi) is 7.97. The normalized spacial score (nSPS) is 14.8. The number of piperidine rings is 1. The highest BCUT2D eigenvalue weighted by Gasteiger charge is 2.16. The monoisotopic (exact) mass is 451 g/mol.